The minimum absolute atomic E-state index is 0.293. The summed E-state index contributed by atoms with van der Waals surface area (Å²) < 4.78 is 0. The number of rotatable bonds is 1. The van der Waals surface area contributed by atoms with Crippen molar-refractivity contribution in [2.24, 2.45) is 0 Å². The van der Waals surface area contributed by atoms with Gasteiger partial charge >= 0.3 is 6.03 Å². The average Bonchev–Trinajstić information content (AvgIpc) is 2.34. The Bertz CT molecular complexity index is 636. The smallest absolute Gasteiger partial charge is 0.328 e. The number of hydrogen-bond acceptors (Lipinski definition) is 8. The highest BCUT2D eigenvalue weighted by atomic mass is 16.3. The van der Waals surface area contributed by atoms with Crippen LogP contribution in [0, 0.1) is 0 Å². The highest BCUT2D eigenvalue weighted by Gasteiger charge is 2.55. The predicted molar refractivity (Wildman–Crippen MR) is 54.4 cm³/mol. The third-order valence-electron chi connectivity index (χ3n) is 2.65. The van der Waals surface area contributed by atoms with Gasteiger partial charge in [0.1, 0.15) is 0 Å². The molecule has 0 aromatic rings. The number of allylic oxidation sites excluding steroid dienone is 2. The summed E-state index contributed by atoms with van der Waals surface area (Å²) in [5, 5.41) is 33.7. The number of hydrogen-bond donors (Lipinski definition) is 4. The summed E-state index contributed by atoms with van der Waals surface area (Å²) in [6.07, 6.45) is 0.293. The topological polar surface area (TPSA) is 173 Å². The summed E-state index contributed by atoms with van der Waals surface area (Å²) >= 11 is 0. The van der Waals surface area contributed by atoms with Crippen molar-refractivity contribution in [3.8, 4) is 0 Å². The van der Waals surface area contributed by atoms with E-state index >= 15 is 0 Å². The van der Waals surface area contributed by atoms with E-state index in [0.717, 1.165) is 0 Å². The second kappa shape index (κ2) is 3.99. The van der Waals surface area contributed by atoms with Crippen molar-refractivity contribution in [2.45, 2.75) is 5.60 Å². The molecule has 0 aromatic heterocycles. The molecule has 0 atom stereocenters. The van der Waals surface area contributed by atoms with Crippen LogP contribution in [0.1, 0.15) is 0 Å². The predicted octanol–water partition coefficient (Wildman–Crippen LogP) is -3.71. The minimum Gasteiger partial charge on any atom is -0.869 e. The van der Waals surface area contributed by atoms with Crippen LogP contribution in [0.2, 0.25) is 0 Å². The third kappa shape index (κ3) is 1.59. The van der Waals surface area contributed by atoms with Gasteiger partial charge in [0.2, 0.25) is 5.78 Å². The Hall–Kier alpha value is -3.01. The second-order valence-electron chi connectivity index (χ2n) is 3.87. The molecule has 1 saturated heterocycles. The Balaban J connectivity index is 2.64. The lowest BCUT2D eigenvalue weighted by Gasteiger charge is -2.33. The maximum Gasteiger partial charge on any atom is 0.328 e. The monoisotopic (exact) mass is 281 g/mol. The molecule has 10 heteroatoms. The molecule has 2 rings (SSSR count). The minimum atomic E-state index is -3.38. The van der Waals surface area contributed by atoms with Crippen LogP contribution in [0.5, 0.6) is 0 Å². The first-order valence-corrected chi connectivity index (χ1v) is 5.00. The van der Waals surface area contributed by atoms with E-state index in [4.69, 9.17) is 0 Å². The Morgan fingerprint density at radius 1 is 1.05 bits per heavy atom. The van der Waals surface area contributed by atoms with E-state index in [2.05, 4.69) is 0 Å². The molecule has 20 heavy (non-hydrogen) atoms. The number of aliphatic hydroxyl groups is 2. The van der Waals surface area contributed by atoms with Gasteiger partial charge in [0.15, 0.2) is 11.5 Å². The zero-order chi connectivity index (χ0) is 15.2. The Kier molecular flexibility index (Phi) is 2.68. The number of Topliss-reactive ketones (excluding diaryl/α,β-unsaturated/α-hetero) is 1. The van der Waals surface area contributed by atoms with E-state index < -0.39 is 52.1 Å². The first-order chi connectivity index (χ1) is 9.19. The maximum atomic E-state index is 11.6. The van der Waals surface area contributed by atoms with Crippen molar-refractivity contribution in [2.75, 3.05) is 0 Å². The summed E-state index contributed by atoms with van der Waals surface area (Å²) in [7, 11) is 0. The molecule has 104 valence electrons. The van der Waals surface area contributed by atoms with Gasteiger partial charge in [0.05, 0.1) is 5.57 Å². The van der Waals surface area contributed by atoms with Gasteiger partial charge in [-0.1, -0.05) is 0 Å². The first-order valence-electron chi connectivity index (χ1n) is 5.00. The van der Waals surface area contributed by atoms with E-state index in [9.17, 15) is 39.3 Å². The molecule has 1 heterocycles. The van der Waals surface area contributed by atoms with Crippen LogP contribution in [-0.4, -0.2) is 45.2 Å². The zero-order valence-corrected chi connectivity index (χ0v) is 9.42. The van der Waals surface area contributed by atoms with Crippen molar-refractivity contribution < 1.29 is 39.3 Å². The molecule has 1 fully saturated rings. The second-order valence-corrected chi connectivity index (χ2v) is 3.87. The van der Waals surface area contributed by atoms with Crippen LogP contribution in [0.3, 0.4) is 0 Å². The lowest BCUT2D eigenvalue weighted by Crippen LogP contribution is -2.69. The fraction of sp³-hybridized carbons (Fsp3) is 0.100. The van der Waals surface area contributed by atoms with Crippen LogP contribution < -0.4 is 15.7 Å². The molecule has 10 nitrogen and oxygen atoms in total. The van der Waals surface area contributed by atoms with Gasteiger partial charge < -0.3 is 15.3 Å². The molecule has 0 spiro atoms. The lowest BCUT2D eigenvalue weighted by atomic mass is 9.82. The van der Waals surface area contributed by atoms with Gasteiger partial charge in [-0.2, -0.15) is 0 Å². The molecular weight excluding hydrogens is 276 g/mol. The highest BCUT2D eigenvalue weighted by Crippen LogP contribution is 2.27. The van der Waals surface area contributed by atoms with Gasteiger partial charge in [-0.15, -0.1) is 0 Å². The van der Waals surface area contributed by atoms with E-state index in [-0.39, 0.29) is 0 Å². The van der Waals surface area contributed by atoms with Gasteiger partial charge in [0, 0.05) is 6.08 Å². The number of carbonyl (C=O) groups excluding carboxylic acids is 5. The third-order valence-corrected chi connectivity index (χ3v) is 2.65. The first kappa shape index (κ1) is 13.4. The van der Waals surface area contributed by atoms with Gasteiger partial charge in [0.25, 0.3) is 17.4 Å². The van der Waals surface area contributed by atoms with E-state index in [1.165, 1.54) is 10.6 Å². The van der Waals surface area contributed by atoms with Gasteiger partial charge in [-0.25, -0.2) is 4.79 Å². The summed E-state index contributed by atoms with van der Waals surface area (Å²) in [4.78, 5) is 56.8. The summed E-state index contributed by atoms with van der Waals surface area (Å²) in [5.74, 6) is -9.15. The van der Waals surface area contributed by atoms with Crippen LogP contribution in [0.4, 0.5) is 4.79 Å². The number of aliphatic hydroxyl groups excluding tert-OH is 1. The van der Waals surface area contributed by atoms with E-state index in [1.54, 1.807) is 0 Å². The number of barbiturate groups is 1. The van der Waals surface area contributed by atoms with E-state index in [1.807, 2.05) is 0 Å². The summed E-state index contributed by atoms with van der Waals surface area (Å²) in [6.45, 7) is 0. The standard InChI is InChI=1S/C10H6N2O8/c13-2-1-3(14)6(16)4(5(2)15)10(20)7(17)11-9(19)12-8(10)18/h1,13,16,20H,(H2,11,12,17,18,19)/p-1. The molecule has 0 radical (unpaired) electrons. The molecule has 4 N–H and O–H groups in total. The van der Waals surface area contributed by atoms with Crippen molar-refractivity contribution in [3.05, 3.63) is 23.2 Å². The number of nitrogens with one attached hydrogen (secondary N) is 2. The highest BCUT2D eigenvalue weighted by molar-refractivity contribution is 6.32. The molecule has 1 aliphatic carbocycles. The molecule has 1 aliphatic heterocycles. The SMILES string of the molecule is O=C1NC(=O)C(O)(C2=C([O-])C(=O)C=C(O)C2=O)C(=O)N1. The number of carbonyl (C=O) groups is 5. The summed E-state index contributed by atoms with van der Waals surface area (Å²) in [6, 6.07) is -1.27. The van der Waals surface area contributed by atoms with Crippen LogP contribution in [0.25, 0.3) is 0 Å². The maximum absolute atomic E-state index is 11.6. The largest absolute Gasteiger partial charge is 0.869 e. The normalized spacial score (nSPS) is 22.4. The Morgan fingerprint density at radius 3 is 2.05 bits per heavy atom. The van der Waals surface area contributed by atoms with Gasteiger partial charge in [-0.3, -0.25) is 29.8 Å². The quantitative estimate of drug-likeness (QED) is 0.280. The van der Waals surface area contributed by atoms with Crippen molar-refractivity contribution in [1.82, 2.24) is 10.6 Å². The molecule has 0 saturated carbocycles. The molecule has 4 amide bonds. The molecule has 0 aromatic carbocycles. The fourth-order valence-electron chi connectivity index (χ4n) is 1.69. The Labute approximate surface area is 109 Å². The van der Waals surface area contributed by atoms with Crippen LogP contribution in [-0.2, 0) is 19.2 Å². The van der Waals surface area contributed by atoms with Crippen molar-refractivity contribution >= 4 is 29.4 Å². The van der Waals surface area contributed by atoms with Crippen LogP contribution >= 0.6 is 0 Å². The molecule has 2 aliphatic rings. The number of ketones is 2. The fourth-order valence-corrected chi connectivity index (χ4v) is 1.69. The van der Waals surface area contributed by atoms with Crippen LogP contribution in [0.15, 0.2) is 23.2 Å². The number of urea groups is 1. The van der Waals surface area contributed by atoms with Crippen molar-refractivity contribution in [3.63, 3.8) is 0 Å². The van der Waals surface area contributed by atoms with Crippen molar-refractivity contribution in [1.29, 1.82) is 0 Å². The van der Waals surface area contributed by atoms with E-state index in [0.29, 0.717) is 6.08 Å². The zero-order valence-electron chi connectivity index (χ0n) is 9.42. The molecule has 0 bridgehead atoms. The summed E-state index contributed by atoms with van der Waals surface area (Å²) in [5.41, 5.74) is -4.81. The molecular formula is C10H5N2O8-. The Morgan fingerprint density at radius 2 is 1.55 bits per heavy atom. The average molecular weight is 281 g/mol. The number of amides is 4. The number of imide groups is 2. The lowest BCUT2D eigenvalue weighted by molar-refractivity contribution is -0.300. The van der Waals surface area contributed by atoms with Gasteiger partial charge in [-0.05, 0) is 5.76 Å². The molecule has 0 unspecified atom stereocenters.